The second-order valence-corrected chi connectivity index (χ2v) is 7.20. The highest BCUT2D eigenvalue weighted by Crippen LogP contribution is 2.30. The van der Waals surface area contributed by atoms with E-state index >= 15 is 0 Å². The summed E-state index contributed by atoms with van der Waals surface area (Å²) >= 11 is 0. The van der Waals surface area contributed by atoms with Gasteiger partial charge >= 0.3 is 0 Å². The molecule has 0 bridgehead atoms. The minimum atomic E-state index is 0.286. The van der Waals surface area contributed by atoms with Crippen LogP contribution in [0, 0.1) is 6.92 Å². The first-order valence-electron chi connectivity index (χ1n) is 9.24. The third-order valence-electron chi connectivity index (χ3n) is 4.94. The van der Waals surface area contributed by atoms with E-state index in [1.54, 1.807) is 0 Å². The van der Waals surface area contributed by atoms with Gasteiger partial charge in [0, 0.05) is 44.7 Å². The SMILES string of the molecule is Cc1ccc2nc(-c3ccc(N(C)C)cc3)c(NC[C@@H]3CCCO3)n2c1. The lowest BCUT2D eigenvalue weighted by molar-refractivity contribution is 0.120. The Morgan fingerprint density at radius 2 is 2.00 bits per heavy atom. The normalized spacial score (nSPS) is 17.0. The Hall–Kier alpha value is -2.53. The van der Waals surface area contributed by atoms with Gasteiger partial charge in [-0.05, 0) is 43.5 Å². The molecular formula is C21H26N4O. The van der Waals surface area contributed by atoms with Gasteiger partial charge in [0.2, 0.25) is 0 Å². The van der Waals surface area contributed by atoms with Gasteiger partial charge in [0.1, 0.15) is 17.2 Å². The molecule has 2 aromatic heterocycles. The van der Waals surface area contributed by atoms with Crippen LogP contribution in [0.3, 0.4) is 0 Å². The Kier molecular flexibility index (Phi) is 4.55. The van der Waals surface area contributed by atoms with Crippen molar-refractivity contribution in [3.05, 3.63) is 48.2 Å². The number of aryl methyl sites for hydroxylation is 1. The minimum Gasteiger partial charge on any atom is -0.378 e. The van der Waals surface area contributed by atoms with Crippen LogP contribution in [0.25, 0.3) is 16.9 Å². The fourth-order valence-corrected chi connectivity index (χ4v) is 3.45. The number of nitrogens with zero attached hydrogens (tertiary/aromatic N) is 3. The van der Waals surface area contributed by atoms with Gasteiger partial charge in [-0.1, -0.05) is 18.2 Å². The summed E-state index contributed by atoms with van der Waals surface area (Å²) in [6.07, 6.45) is 4.69. The van der Waals surface area contributed by atoms with Crippen LogP contribution in [-0.4, -0.2) is 42.7 Å². The summed E-state index contributed by atoms with van der Waals surface area (Å²) < 4.78 is 7.93. The molecule has 136 valence electrons. The number of benzene rings is 1. The fraction of sp³-hybridized carbons (Fsp3) is 0.381. The van der Waals surface area contributed by atoms with Crippen molar-refractivity contribution in [3.63, 3.8) is 0 Å². The van der Waals surface area contributed by atoms with Crippen LogP contribution < -0.4 is 10.2 Å². The third-order valence-corrected chi connectivity index (χ3v) is 4.94. The average molecular weight is 350 g/mol. The molecule has 1 aromatic carbocycles. The van der Waals surface area contributed by atoms with Gasteiger partial charge in [-0.25, -0.2) is 4.98 Å². The van der Waals surface area contributed by atoms with E-state index in [1.165, 1.54) is 11.3 Å². The van der Waals surface area contributed by atoms with Crippen LogP contribution in [0.5, 0.6) is 0 Å². The van der Waals surface area contributed by atoms with Gasteiger partial charge in [-0.2, -0.15) is 0 Å². The number of pyridine rings is 1. The van der Waals surface area contributed by atoms with Crippen molar-refractivity contribution >= 4 is 17.2 Å². The lowest BCUT2D eigenvalue weighted by Gasteiger charge is -2.14. The zero-order valence-corrected chi connectivity index (χ0v) is 15.7. The van der Waals surface area contributed by atoms with E-state index < -0.39 is 0 Å². The van der Waals surface area contributed by atoms with Gasteiger partial charge in [-0.15, -0.1) is 0 Å². The molecule has 1 N–H and O–H groups in total. The summed E-state index contributed by atoms with van der Waals surface area (Å²) in [4.78, 5) is 6.99. The molecule has 5 heteroatoms. The summed E-state index contributed by atoms with van der Waals surface area (Å²) in [5.41, 5.74) is 5.45. The largest absolute Gasteiger partial charge is 0.378 e. The molecule has 3 heterocycles. The number of imidazole rings is 1. The van der Waals surface area contributed by atoms with Crippen LogP contribution in [-0.2, 0) is 4.74 Å². The third kappa shape index (κ3) is 3.27. The second kappa shape index (κ2) is 7.00. The first kappa shape index (κ1) is 16.9. The van der Waals surface area contributed by atoms with Gasteiger partial charge in [0.25, 0.3) is 0 Å². The number of hydrogen-bond donors (Lipinski definition) is 1. The number of ether oxygens (including phenoxy) is 1. The quantitative estimate of drug-likeness (QED) is 0.756. The van der Waals surface area contributed by atoms with Crippen molar-refractivity contribution in [2.75, 3.05) is 37.5 Å². The maximum atomic E-state index is 5.78. The van der Waals surface area contributed by atoms with E-state index in [1.807, 2.05) is 0 Å². The molecule has 1 atom stereocenters. The van der Waals surface area contributed by atoms with Crippen molar-refractivity contribution in [2.45, 2.75) is 25.9 Å². The number of anilines is 2. The van der Waals surface area contributed by atoms with Crippen molar-refractivity contribution in [2.24, 2.45) is 0 Å². The topological polar surface area (TPSA) is 41.8 Å². The Morgan fingerprint density at radius 1 is 1.19 bits per heavy atom. The van der Waals surface area contributed by atoms with Crippen LogP contribution in [0.4, 0.5) is 11.5 Å². The van der Waals surface area contributed by atoms with Gasteiger partial charge in [0.05, 0.1) is 6.10 Å². The first-order chi connectivity index (χ1) is 12.6. The molecule has 1 aliphatic rings. The molecule has 1 aliphatic heterocycles. The molecular weight excluding hydrogens is 324 g/mol. The monoisotopic (exact) mass is 350 g/mol. The fourth-order valence-electron chi connectivity index (χ4n) is 3.45. The smallest absolute Gasteiger partial charge is 0.139 e. The minimum absolute atomic E-state index is 0.286. The summed E-state index contributed by atoms with van der Waals surface area (Å²) in [7, 11) is 4.11. The Morgan fingerprint density at radius 3 is 2.69 bits per heavy atom. The van der Waals surface area contributed by atoms with E-state index in [4.69, 9.17) is 9.72 Å². The van der Waals surface area contributed by atoms with E-state index in [2.05, 4.69) is 78.2 Å². The summed E-state index contributed by atoms with van der Waals surface area (Å²) in [5, 5.41) is 3.61. The van der Waals surface area contributed by atoms with Gasteiger partial charge < -0.3 is 15.0 Å². The van der Waals surface area contributed by atoms with Crippen LogP contribution in [0.15, 0.2) is 42.6 Å². The van der Waals surface area contributed by atoms with Crippen LogP contribution in [0.1, 0.15) is 18.4 Å². The van der Waals surface area contributed by atoms with E-state index in [0.717, 1.165) is 48.7 Å². The van der Waals surface area contributed by atoms with Gasteiger partial charge in [-0.3, -0.25) is 4.40 Å². The molecule has 0 amide bonds. The summed E-state index contributed by atoms with van der Waals surface area (Å²) in [6, 6.07) is 12.7. The lowest BCUT2D eigenvalue weighted by atomic mass is 10.1. The predicted octanol–water partition coefficient (Wildman–Crippen LogP) is 3.97. The second-order valence-electron chi connectivity index (χ2n) is 7.20. The molecule has 0 aliphatic carbocycles. The number of aromatic nitrogens is 2. The molecule has 0 unspecified atom stereocenters. The highest BCUT2D eigenvalue weighted by Gasteiger charge is 2.19. The van der Waals surface area contributed by atoms with Crippen LogP contribution in [0.2, 0.25) is 0 Å². The first-order valence-corrected chi connectivity index (χ1v) is 9.24. The number of fused-ring (bicyclic) bond motifs is 1. The molecule has 3 aromatic rings. The van der Waals surface area contributed by atoms with E-state index in [0.29, 0.717) is 0 Å². The molecule has 5 nitrogen and oxygen atoms in total. The average Bonchev–Trinajstić information content (AvgIpc) is 3.27. The molecule has 1 fully saturated rings. The lowest BCUT2D eigenvalue weighted by Crippen LogP contribution is -2.19. The van der Waals surface area contributed by atoms with Gasteiger partial charge in [0.15, 0.2) is 0 Å². The van der Waals surface area contributed by atoms with Crippen molar-refractivity contribution in [3.8, 4) is 11.3 Å². The maximum Gasteiger partial charge on any atom is 0.139 e. The highest BCUT2D eigenvalue weighted by molar-refractivity contribution is 5.77. The number of rotatable bonds is 5. The molecule has 26 heavy (non-hydrogen) atoms. The molecule has 0 spiro atoms. The van der Waals surface area contributed by atoms with E-state index in [9.17, 15) is 0 Å². The Balaban J connectivity index is 1.73. The predicted molar refractivity (Wildman–Crippen MR) is 107 cm³/mol. The maximum absolute atomic E-state index is 5.78. The Labute approximate surface area is 154 Å². The number of hydrogen-bond acceptors (Lipinski definition) is 4. The molecule has 0 radical (unpaired) electrons. The standard InChI is InChI=1S/C21H26N4O/c1-15-6-11-19-23-20(16-7-9-17(10-8-16)24(2)3)21(25(19)14-15)22-13-18-5-4-12-26-18/h6-11,14,18,22H,4-5,12-13H2,1-3H3/t18-/m0/s1. The van der Waals surface area contributed by atoms with Crippen molar-refractivity contribution in [1.29, 1.82) is 0 Å². The molecule has 4 rings (SSSR count). The Bertz CT molecular complexity index is 892. The van der Waals surface area contributed by atoms with Crippen molar-refractivity contribution < 1.29 is 4.74 Å². The molecule has 1 saturated heterocycles. The summed E-state index contributed by atoms with van der Waals surface area (Å²) in [5.74, 6) is 1.04. The van der Waals surface area contributed by atoms with E-state index in [-0.39, 0.29) is 6.10 Å². The highest BCUT2D eigenvalue weighted by atomic mass is 16.5. The number of nitrogens with one attached hydrogen (secondary N) is 1. The molecule has 0 saturated carbocycles. The zero-order valence-electron chi connectivity index (χ0n) is 15.7. The summed E-state index contributed by atoms with van der Waals surface area (Å²) in [6.45, 7) is 3.79. The van der Waals surface area contributed by atoms with Crippen LogP contribution >= 0.6 is 0 Å². The van der Waals surface area contributed by atoms with Crippen molar-refractivity contribution in [1.82, 2.24) is 9.38 Å². The zero-order chi connectivity index (χ0) is 18.1.